The Morgan fingerprint density at radius 2 is 1.44 bits per heavy atom. The lowest BCUT2D eigenvalue weighted by Crippen LogP contribution is -2.52. The molecule has 0 rings (SSSR count). The van der Waals surface area contributed by atoms with Crippen LogP contribution >= 0.6 is 0 Å². The summed E-state index contributed by atoms with van der Waals surface area (Å²) in [4.78, 5) is 0. The largest absolute Gasteiger partial charge is 0.378 e. The molecule has 0 heterocycles. The zero-order valence-electron chi connectivity index (χ0n) is 12.2. The van der Waals surface area contributed by atoms with Gasteiger partial charge in [-0.25, -0.2) is 0 Å². The SMILES string of the molecule is COC(C(C)(C)CC(C)(C)N)C(C)(C)OC. The molecule has 0 aliphatic heterocycles. The molecule has 0 spiro atoms. The number of nitrogens with two attached hydrogens (primary N) is 1. The molecule has 16 heavy (non-hydrogen) atoms. The number of hydrogen-bond donors (Lipinski definition) is 1. The van der Waals surface area contributed by atoms with Crippen LogP contribution in [0.25, 0.3) is 0 Å². The third kappa shape index (κ3) is 4.40. The van der Waals surface area contributed by atoms with Crippen molar-refractivity contribution in [2.75, 3.05) is 14.2 Å². The van der Waals surface area contributed by atoms with E-state index >= 15 is 0 Å². The maximum atomic E-state index is 6.10. The van der Waals surface area contributed by atoms with Crippen LogP contribution in [0.4, 0.5) is 0 Å². The molecule has 0 saturated heterocycles. The fourth-order valence-electron chi connectivity index (χ4n) is 2.92. The van der Waals surface area contributed by atoms with Crippen molar-refractivity contribution in [1.82, 2.24) is 0 Å². The predicted octanol–water partition coefficient (Wildman–Crippen LogP) is 2.58. The summed E-state index contributed by atoms with van der Waals surface area (Å²) in [5, 5.41) is 0. The summed E-state index contributed by atoms with van der Waals surface area (Å²) in [6.45, 7) is 12.5. The van der Waals surface area contributed by atoms with Crippen molar-refractivity contribution in [2.24, 2.45) is 11.1 Å². The first-order chi connectivity index (χ1) is 6.96. The van der Waals surface area contributed by atoms with Crippen molar-refractivity contribution in [3.63, 3.8) is 0 Å². The third-order valence-electron chi connectivity index (χ3n) is 3.01. The fraction of sp³-hybridized carbons (Fsp3) is 1.00. The van der Waals surface area contributed by atoms with Gasteiger partial charge in [-0.15, -0.1) is 0 Å². The molecular weight excluding hydrogens is 202 g/mol. The molecule has 1 atom stereocenters. The summed E-state index contributed by atoms with van der Waals surface area (Å²) in [6, 6.07) is 0. The van der Waals surface area contributed by atoms with Crippen LogP contribution in [0, 0.1) is 5.41 Å². The molecule has 0 saturated carbocycles. The summed E-state index contributed by atoms with van der Waals surface area (Å²) in [5.41, 5.74) is 5.55. The second-order valence-corrected chi connectivity index (χ2v) is 6.58. The Kier molecular flexibility index (Phi) is 4.99. The molecule has 0 radical (unpaired) electrons. The normalized spacial score (nSPS) is 16.3. The van der Waals surface area contributed by atoms with Crippen LogP contribution in [0.5, 0.6) is 0 Å². The molecule has 0 aliphatic carbocycles. The minimum absolute atomic E-state index is 0.00725. The van der Waals surface area contributed by atoms with E-state index in [4.69, 9.17) is 15.2 Å². The van der Waals surface area contributed by atoms with Gasteiger partial charge in [0.2, 0.25) is 0 Å². The predicted molar refractivity (Wildman–Crippen MR) is 68.5 cm³/mol. The van der Waals surface area contributed by atoms with Gasteiger partial charge in [-0.2, -0.15) is 0 Å². The summed E-state index contributed by atoms with van der Waals surface area (Å²) < 4.78 is 11.2. The molecule has 1 unspecified atom stereocenters. The van der Waals surface area contributed by atoms with Crippen LogP contribution in [0.3, 0.4) is 0 Å². The van der Waals surface area contributed by atoms with Crippen molar-refractivity contribution in [3.05, 3.63) is 0 Å². The Labute approximate surface area is 101 Å². The van der Waals surface area contributed by atoms with E-state index in [1.165, 1.54) is 0 Å². The number of ether oxygens (including phenoxy) is 2. The van der Waals surface area contributed by atoms with Crippen molar-refractivity contribution < 1.29 is 9.47 Å². The minimum atomic E-state index is -0.316. The van der Waals surface area contributed by atoms with Gasteiger partial charge in [0.1, 0.15) is 0 Å². The summed E-state index contributed by atoms with van der Waals surface area (Å²) in [6.07, 6.45) is 0.888. The lowest BCUT2D eigenvalue weighted by molar-refractivity contribution is -0.146. The van der Waals surface area contributed by atoms with E-state index in [-0.39, 0.29) is 22.7 Å². The number of rotatable bonds is 6. The highest BCUT2D eigenvalue weighted by atomic mass is 16.5. The lowest BCUT2D eigenvalue weighted by atomic mass is 9.71. The quantitative estimate of drug-likeness (QED) is 0.764. The summed E-state index contributed by atoms with van der Waals surface area (Å²) in [5.74, 6) is 0. The van der Waals surface area contributed by atoms with Gasteiger partial charge in [-0.1, -0.05) is 13.8 Å². The molecule has 3 heteroatoms. The molecule has 0 bridgehead atoms. The molecule has 0 aromatic carbocycles. The van der Waals surface area contributed by atoms with Gasteiger partial charge in [-0.3, -0.25) is 0 Å². The molecule has 2 N–H and O–H groups in total. The van der Waals surface area contributed by atoms with Crippen molar-refractivity contribution in [3.8, 4) is 0 Å². The van der Waals surface area contributed by atoms with Gasteiger partial charge in [0.05, 0.1) is 11.7 Å². The Bertz CT molecular complexity index is 216. The molecule has 0 aromatic rings. The van der Waals surface area contributed by atoms with Gasteiger partial charge >= 0.3 is 0 Å². The lowest BCUT2D eigenvalue weighted by Gasteiger charge is -2.45. The second-order valence-electron chi connectivity index (χ2n) is 6.58. The summed E-state index contributed by atoms with van der Waals surface area (Å²) >= 11 is 0. The van der Waals surface area contributed by atoms with E-state index in [0.29, 0.717) is 0 Å². The van der Waals surface area contributed by atoms with Crippen molar-refractivity contribution in [2.45, 2.75) is 65.2 Å². The first kappa shape index (κ1) is 15.9. The highest BCUT2D eigenvalue weighted by Gasteiger charge is 2.43. The number of hydrogen-bond acceptors (Lipinski definition) is 3. The van der Waals surface area contributed by atoms with E-state index in [2.05, 4.69) is 13.8 Å². The van der Waals surface area contributed by atoms with Gasteiger partial charge in [0, 0.05) is 19.8 Å². The van der Waals surface area contributed by atoms with Crippen LogP contribution < -0.4 is 5.73 Å². The first-order valence-electron chi connectivity index (χ1n) is 5.83. The van der Waals surface area contributed by atoms with E-state index in [0.717, 1.165) is 6.42 Å². The maximum absolute atomic E-state index is 6.10. The fourth-order valence-corrected chi connectivity index (χ4v) is 2.92. The van der Waals surface area contributed by atoms with Gasteiger partial charge < -0.3 is 15.2 Å². The Morgan fingerprint density at radius 3 is 1.69 bits per heavy atom. The maximum Gasteiger partial charge on any atom is 0.0906 e. The zero-order valence-corrected chi connectivity index (χ0v) is 12.2. The molecule has 3 nitrogen and oxygen atoms in total. The van der Waals surface area contributed by atoms with Crippen molar-refractivity contribution in [1.29, 1.82) is 0 Å². The van der Waals surface area contributed by atoms with Gasteiger partial charge in [-0.05, 0) is 39.5 Å². The topological polar surface area (TPSA) is 44.5 Å². The molecule has 0 fully saturated rings. The van der Waals surface area contributed by atoms with Gasteiger partial charge in [0.25, 0.3) is 0 Å². The monoisotopic (exact) mass is 231 g/mol. The molecule has 98 valence electrons. The van der Waals surface area contributed by atoms with Crippen LogP contribution in [0.15, 0.2) is 0 Å². The van der Waals surface area contributed by atoms with Crippen molar-refractivity contribution >= 4 is 0 Å². The van der Waals surface area contributed by atoms with E-state index in [1.54, 1.807) is 14.2 Å². The third-order valence-corrected chi connectivity index (χ3v) is 3.01. The average Bonchev–Trinajstić information content (AvgIpc) is 1.99. The minimum Gasteiger partial charge on any atom is -0.378 e. The average molecular weight is 231 g/mol. The second kappa shape index (κ2) is 5.03. The highest BCUT2D eigenvalue weighted by Crippen LogP contribution is 2.38. The summed E-state index contributed by atoms with van der Waals surface area (Å²) in [7, 11) is 3.45. The standard InChI is InChI=1S/C13H29NO2/c1-11(2,9-12(3,4)14)10(15-7)13(5,6)16-8/h10H,9,14H2,1-8H3. The van der Waals surface area contributed by atoms with E-state index < -0.39 is 0 Å². The molecular formula is C13H29NO2. The van der Waals surface area contributed by atoms with Crippen LogP contribution in [0.2, 0.25) is 0 Å². The Morgan fingerprint density at radius 1 is 1.00 bits per heavy atom. The van der Waals surface area contributed by atoms with E-state index in [9.17, 15) is 0 Å². The smallest absolute Gasteiger partial charge is 0.0906 e. The highest BCUT2D eigenvalue weighted by molar-refractivity contribution is 4.95. The van der Waals surface area contributed by atoms with Gasteiger partial charge in [0.15, 0.2) is 0 Å². The molecule has 0 amide bonds. The van der Waals surface area contributed by atoms with Crippen LogP contribution in [-0.2, 0) is 9.47 Å². The van der Waals surface area contributed by atoms with Crippen LogP contribution in [-0.4, -0.2) is 31.5 Å². The Balaban J connectivity index is 4.94. The van der Waals surface area contributed by atoms with E-state index in [1.807, 2.05) is 27.7 Å². The molecule has 0 aromatic heterocycles. The first-order valence-corrected chi connectivity index (χ1v) is 5.83. The zero-order chi connectivity index (χ0) is 13.2. The Hall–Kier alpha value is -0.120. The molecule has 0 aliphatic rings. The van der Waals surface area contributed by atoms with Crippen LogP contribution in [0.1, 0.15) is 48.0 Å². The number of methoxy groups -OCH3 is 2.